The Hall–Kier alpha value is -0.570. The van der Waals surface area contributed by atoms with E-state index in [-0.39, 0.29) is 11.5 Å². The minimum Gasteiger partial charge on any atom is -0.329 e. The first-order chi connectivity index (χ1) is 6.04. The maximum atomic E-state index is 11.2. The van der Waals surface area contributed by atoms with Gasteiger partial charge in [0.2, 0.25) is 0 Å². The summed E-state index contributed by atoms with van der Waals surface area (Å²) in [5.74, 6) is 2.74. The summed E-state index contributed by atoms with van der Waals surface area (Å²) in [4.78, 5) is 0. The van der Waals surface area contributed by atoms with Gasteiger partial charge in [0.1, 0.15) is 0 Å². The van der Waals surface area contributed by atoms with E-state index in [1.807, 2.05) is 0 Å². The van der Waals surface area contributed by atoms with Gasteiger partial charge in [0.05, 0.1) is 18.1 Å². The lowest BCUT2D eigenvalue weighted by molar-refractivity contribution is 0.392. The number of rotatable bonds is 3. The van der Waals surface area contributed by atoms with Crippen molar-refractivity contribution in [1.82, 2.24) is 5.32 Å². The molecule has 0 aliphatic carbocycles. The van der Waals surface area contributed by atoms with Crippen LogP contribution in [0.4, 0.5) is 0 Å². The zero-order valence-corrected chi connectivity index (χ0v) is 8.23. The van der Waals surface area contributed by atoms with Crippen molar-refractivity contribution < 1.29 is 8.42 Å². The first-order valence-corrected chi connectivity index (χ1v) is 5.95. The smallest absolute Gasteiger partial charge is 0.152 e. The van der Waals surface area contributed by atoms with Crippen molar-refractivity contribution in [3.63, 3.8) is 0 Å². The summed E-state index contributed by atoms with van der Waals surface area (Å²) in [7, 11) is -2.91. The van der Waals surface area contributed by atoms with Crippen LogP contribution in [-0.4, -0.2) is 38.6 Å². The molecule has 0 bridgehead atoms. The van der Waals surface area contributed by atoms with Crippen LogP contribution in [0, 0.1) is 12.3 Å². The van der Waals surface area contributed by atoms with Gasteiger partial charge in [-0.25, -0.2) is 8.42 Å². The van der Waals surface area contributed by atoms with Gasteiger partial charge < -0.3 is 5.73 Å². The van der Waals surface area contributed by atoms with Crippen molar-refractivity contribution >= 4 is 9.84 Å². The topological polar surface area (TPSA) is 72.2 Å². The molecule has 0 amide bonds. The molecule has 0 spiro atoms. The Kier molecular flexibility index (Phi) is 2.96. The van der Waals surface area contributed by atoms with Crippen LogP contribution in [0.1, 0.15) is 6.42 Å². The first kappa shape index (κ1) is 10.5. The Labute approximate surface area is 78.8 Å². The highest BCUT2D eigenvalue weighted by Crippen LogP contribution is 2.21. The fourth-order valence-electron chi connectivity index (χ4n) is 1.53. The highest BCUT2D eigenvalue weighted by molar-refractivity contribution is 7.91. The molecule has 0 aromatic rings. The van der Waals surface area contributed by atoms with Gasteiger partial charge in [-0.05, 0) is 6.42 Å². The number of terminal acetylenes is 1. The van der Waals surface area contributed by atoms with Crippen LogP contribution < -0.4 is 11.1 Å². The third-order valence-electron chi connectivity index (χ3n) is 2.34. The summed E-state index contributed by atoms with van der Waals surface area (Å²) >= 11 is 0. The van der Waals surface area contributed by atoms with Crippen LogP contribution in [0.15, 0.2) is 0 Å². The predicted molar refractivity (Wildman–Crippen MR) is 51.9 cm³/mol. The summed E-state index contributed by atoms with van der Waals surface area (Å²) in [5.41, 5.74) is 5.05. The molecule has 3 N–H and O–H groups in total. The number of nitrogens with one attached hydrogen (secondary N) is 1. The highest BCUT2D eigenvalue weighted by Gasteiger charge is 2.40. The largest absolute Gasteiger partial charge is 0.329 e. The lowest BCUT2D eigenvalue weighted by atomic mass is 9.99. The molecule has 1 aliphatic heterocycles. The monoisotopic (exact) mass is 202 g/mol. The third kappa shape index (κ3) is 2.44. The third-order valence-corrected chi connectivity index (χ3v) is 4.16. The number of sulfone groups is 1. The average molecular weight is 202 g/mol. The molecule has 1 unspecified atom stereocenters. The second-order valence-electron chi connectivity index (χ2n) is 3.38. The number of hydrogen-bond donors (Lipinski definition) is 2. The van der Waals surface area contributed by atoms with Gasteiger partial charge in [-0.1, -0.05) is 5.92 Å². The normalized spacial score (nSPS) is 31.4. The molecule has 1 aliphatic rings. The van der Waals surface area contributed by atoms with Crippen LogP contribution >= 0.6 is 0 Å². The Morgan fingerprint density at radius 1 is 1.62 bits per heavy atom. The van der Waals surface area contributed by atoms with Crippen LogP contribution in [-0.2, 0) is 9.84 Å². The SMILES string of the molecule is C#CCNC1(CN)CCS(=O)(=O)C1. The number of nitrogens with two attached hydrogens (primary N) is 1. The van der Waals surface area contributed by atoms with Gasteiger partial charge in [-0.2, -0.15) is 0 Å². The summed E-state index contributed by atoms with van der Waals surface area (Å²) in [6.45, 7) is 0.681. The van der Waals surface area contributed by atoms with Crippen molar-refractivity contribution in [3.8, 4) is 12.3 Å². The van der Waals surface area contributed by atoms with E-state index in [0.29, 0.717) is 19.5 Å². The van der Waals surface area contributed by atoms with Gasteiger partial charge in [0.15, 0.2) is 9.84 Å². The van der Waals surface area contributed by atoms with Gasteiger partial charge in [-0.15, -0.1) is 6.42 Å². The van der Waals surface area contributed by atoms with Crippen molar-refractivity contribution in [3.05, 3.63) is 0 Å². The highest BCUT2D eigenvalue weighted by atomic mass is 32.2. The van der Waals surface area contributed by atoms with Crippen molar-refractivity contribution in [1.29, 1.82) is 0 Å². The maximum Gasteiger partial charge on any atom is 0.152 e. The molecule has 1 atom stereocenters. The van der Waals surface area contributed by atoms with E-state index in [1.165, 1.54) is 0 Å². The number of hydrogen-bond acceptors (Lipinski definition) is 4. The van der Waals surface area contributed by atoms with E-state index in [9.17, 15) is 8.42 Å². The second kappa shape index (κ2) is 3.66. The molecule has 1 fully saturated rings. The van der Waals surface area contributed by atoms with Crippen LogP contribution in [0.25, 0.3) is 0 Å². The van der Waals surface area contributed by atoms with Crippen molar-refractivity contribution in [2.24, 2.45) is 5.73 Å². The van der Waals surface area contributed by atoms with E-state index < -0.39 is 15.4 Å². The average Bonchev–Trinajstić information content (AvgIpc) is 2.40. The Balaban J connectivity index is 2.69. The minimum absolute atomic E-state index is 0.109. The molecule has 5 heteroatoms. The second-order valence-corrected chi connectivity index (χ2v) is 5.57. The molecule has 74 valence electrons. The van der Waals surface area contributed by atoms with E-state index in [1.54, 1.807) is 0 Å². The Morgan fingerprint density at radius 2 is 2.31 bits per heavy atom. The molecular formula is C8H14N2O2S. The van der Waals surface area contributed by atoms with Gasteiger partial charge in [-0.3, -0.25) is 5.32 Å². The molecule has 4 nitrogen and oxygen atoms in total. The lowest BCUT2D eigenvalue weighted by Crippen LogP contribution is -2.52. The van der Waals surface area contributed by atoms with Crippen LogP contribution in [0.5, 0.6) is 0 Å². The predicted octanol–water partition coefficient (Wildman–Crippen LogP) is -1.27. The van der Waals surface area contributed by atoms with E-state index in [0.717, 1.165) is 0 Å². The standard InChI is InChI=1S/C8H14N2O2S/c1-2-4-10-8(6-9)3-5-13(11,12)7-8/h1,10H,3-7,9H2. The molecule has 1 saturated heterocycles. The summed E-state index contributed by atoms with van der Waals surface area (Å²) < 4.78 is 22.4. The van der Waals surface area contributed by atoms with Crippen molar-refractivity contribution in [2.45, 2.75) is 12.0 Å². The minimum atomic E-state index is -2.91. The van der Waals surface area contributed by atoms with Gasteiger partial charge in [0.25, 0.3) is 0 Å². The zero-order valence-electron chi connectivity index (χ0n) is 7.41. The van der Waals surface area contributed by atoms with E-state index in [4.69, 9.17) is 12.2 Å². The van der Waals surface area contributed by atoms with Gasteiger partial charge in [0, 0.05) is 12.1 Å². The molecule has 0 saturated carbocycles. The van der Waals surface area contributed by atoms with E-state index in [2.05, 4.69) is 11.2 Å². The van der Waals surface area contributed by atoms with E-state index >= 15 is 0 Å². The van der Waals surface area contributed by atoms with Crippen LogP contribution in [0.3, 0.4) is 0 Å². The van der Waals surface area contributed by atoms with Crippen LogP contribution in [0.2, 0.25) is 0 Å². The molecule has 1 heterocycles. The van der Waals surface area contributed by atoms with Crippen molar-refractivity contribution in [2.75, 3.05) is 24.6 Å². The molecule has 1 rings (SSSR count). The Morgan fingerprint density at radius 3 is 2.69 bits per heavy atom. The zero-order chi connectivity index (χ0) is 9.95. The summed E-state index contributed by atoms with van der Waals surface area (Å²) in [6, 6.07) is 0. The molecule has 13 heavy (non-hydrogen) atoms. The lowest BCUT2D eigenvalue weighted by Gasteiger charge is -2.26. The molecule has 0 aromatic heterocycles. The maximum absolute atomic E-state index is 11.2. The fraction of sp³-hybridized carbons (Fsp3) is 0.750. The molecular weight excluding hydrogens is 188 g/mol. The summed E-state index contributed by atoms with van der Waals surface area (Å²) in [5, 5.41) is 3.01. The molecule has 0 aromatic carbocycles. The first-order valence-electron chi connectivity index (χ1n) is 4.13. The Bertz CT molecular complexity index is 318. The quantitative estimate of drug-likeness (QED) is 0.559. The fourth-order valence-corrected chi connectivity index (χ4v) is 3.58. The summed E-state index contributed by atoms with van der Waals surface area (Å²) in [6.07, 6.45) is 5.65. The van der Waals surface area contributed by atoms with Gasteiger partial charge >= 0.3 is 0 Å². The molecule has 0 radical (unpaired) electrons.